The van der Waals surface area contributed by atoms with Crippen LogP contribution in [-0.2, 0) is 9.59 Å². The molecule has 2 heteroatoms. The number of ketones is 2. The Labute approximate surface area is 77.0 Å². The van der Waals surface area contributed by atoms with Crippen LogP contribution in [0.2, 0.25) is 0 Å². The smallest absolute Gasteiger partial charge is 0.162 e. The zero-order valence-corrected chi connectivity index (χ0v) is 7.62. The number of carbonyl (C=O) groups is 2. The van der Waals surface area contributed by atoms with Gasteiger partial charge in [0.05, 0.1) is 0 Å². The van der Waals surface area contributed by atoms with Crippen molar-refractivity contribution >= 4 is 11.6 Å². The standard InChI is InChI=1S/C11H12O2/c1-5-2-8-7-3-6(4-9(7)12)10(8)11(5)13/h2,6-8,10H,3-4H2,1H3. The molecular weight excluding hydrogens is 164 g/mol. The van der Waals surface area contributed by atoms with E-state index >= 15 is 0 Å². The molecular formula is C11H12O2. The molecule has 0 aromatic rings. The van der Waals surface area contributed by atoms with Crippen LogP contribution in [0, 0.1) is 23.7 Å². The lowest BCUT2D eigenvalue weighted by Gasteiger charge is -2.21. The molecule has 0 aromatic heterocycles. The van der Waals surface area contributed by atoms with Crippen LogP contribution in [0.5, 0.6) is 0 Å². The molecule has 2 nitrogen and oxygen atoms in total. The molecule has 0 spiro atoms. The lowest BCUT2D eigenvalue weighted by molar-refractivity contribution is -0.126. The number of Topliss-reactive ketones (excluding diaryl/α,β-unsaturated/α-hetero) is 2. The van der Waals surface area contributed by atoms with Crippen molar-refractivity contribution < 1.29 is 9.59 Å². The van der Waals surface area contributed by atoms with Gasteiger partial charge in [-0.25, -0.2) is 0 Å². The fourth-order valence-corrected chi connectivity index (χ4v) is 3.40. The molecule has 3 rings (SSSR count). The molecule has 0 saturated heterocycles. The molecule has 0 aromatic carbocycles. The Balaban J connectivity index is 2.04. The number of fused-ring (bicyclic) bond motifs is 5. The highest BCUT2D eigenvalue weighted by Crippen LogP contribution is 2.54. The van der Waals surface area contributed by atoms with Gasteiger partial charge in [0, 0.05) is 18.3 Å². The van der Waals surface area contributed by atoms with E-state index in [9.17, 15) is 9.59 Å². The number of hydrogen-bond donors (Lipinski definition) is 0. The van der Waals surface area contributed by atoms with Crippen molar-refractivity contribution in [3.05, 3.63) is 11.6 Å². The molecule has 2 saturated carbocycles. The fourth-order valence-electron chi connectivity index (χ4n) is 3.40. The van der Waals surface area contributed by atoms with Gasteiger partial charge in [-0.15, -0.1) is 0 Å². The number of allylic oxidation sites excluding steroid dienone is 2. The molecule has 0 heterocycles. The summed E-state index contributed by atoms with van der Waals surface area (Å²) in [4.78, 5) is 23.2. The Hall–Kier alpha value is -0.920. The SMILES string of the molecule is CC1=CC2C3CC(CC3=O)C2C1=O. The van der Waals surface area contributed by atoms with Crippen molar-refractivity contribution in [2.45, 2.75) is 19.8 Å². The molecule has 3 aliphatic carbocycles. The van der Waals surface area contributed by atoms with E-state index in [1.807, 2.05) is 13.0 Å². The summed E-state index contributed by atoms with van der Waals surface area (Å²) in [5.41, 5.74) is 0.888. The quantitative estimate of drug-likeness (QED) is 0.558. The van der Waals surface area contributed by atoms with E-state index in [2.05, 4.69) is 0 Å². The topological polar surface area (TPSA) is 34.1 Å². The minimum Gasteiger partial charge on any atom is -0.299 e. The van der Waals surface area contributed by atoms with Gasteiger partial charge in [0.2, 0.25) is 0 Å². The van der Waals surface area contributed by atoms with Crippen molar-refractivity contribution in [3.63, 3.8) is 0 Å². The Morgan fingerprint density at radius 3 is 2.92 bits per heavy atom. The van der Waals surface area contributed by atoms with Crippen molar-refractivity contribution in [1.29, 1.82) is 0 Å². The van der Waals surface area contributed by atoms with Gasteiger partial charge in [0.15, 0.2) is 5.78 Å². The maximum Gasteiger partial charge on any atom is 0.162 e. The van der Waals surface area contributed by atoms with E-state index < -0.39 is 0 Å². The van der Waals surface area contributed by atoms with Crippen molar-refractivity contribution in [2.24, 2.45) is 23.7 Å². The summed E-state index contributed by atoms with van der Waals surface area (Å²) in [7, 11) is 0. The van der Waals surface area contributed by atoms with Gasteiger partial charge >= 0.3 is 0 Å². The fraction of sp³-hybridized carbons (Fsp3) is 0.636. The van der Waals surface area contributed by atoms with Crippen molar-refractivity contribution in [1.82, 2.24) is 0 Å². The van der Waals surface area contributed by atoms with Gasteiger partial charge in [-0.1, -0.05) is 6.08 Å². The molecule has 4 unspecified atom stereocenters. The normalized spacial score (nSPS) is 47.0. The van der Waals surface area contributed by atoms with Gasteiger partial charge in [-0.05, 0) is 30.8 Å². The average molecular weight is 176 g/mol. The monoisotopic (exact) mass is 176 g/mol. The van der Waals surface area contributed by atoms with E-state index in [1.165, 1.54) is 0 Å². The highest BCUT2D eigenvalue weighted by Gasteiger charge is 2.56. The number of rotatable bonds is 0. The first kappa shape index (κ1) is 7.48. The van der Waals surface area contributed by atoms with E-state index in [0.29, 0.717) is 23.9 Å². The van der Waals surface area contributed by atoms with Crippen LogP contribution in [0.3, 0.4) is 0 Å². The number of hydrogen-bond acceptors (Lipinski definition) is 2. The predicted octanol–water partition coefficient (Wildman–Crippen LogP) is 1.36. The van der Waals surface area contributed by atoms with Gasteiger partial charge in [-0.2, -0.15) is 0 Å². The molecule has 0 aliphatic heterocycles. The second kappa shape index (κ2) is 2.11. The molecule has 4 atom stereocenters. The third-order valence-electron chi connectivity index (χ3n) is 3.95. The summed E-state index contributed by atoms with van der Waals surface area (Å²) in [6.45, 7) is 1.88. The van der Waals surface area contributed by atoms with E-state index in [0.717, 1.165) is 12.0 Å². The predicted molar refractivity (Wildman–Crippen MR) is 47.0 cm³/mol. The third kappa shape index (κ3) is 0.742. The maximum atomic E-state index is 11.7. The molecule has 0 radical (unpaired) electrons. The first-order valence-electron chi connectivity index (χ1n) is 4.94. The largest absolute Gasteiger partial charge is 0.299 e. The second-order valence-electron chi connectivity index (χ2n) is 4.59. The number of carbonyl (C=O) groups excluding carboxylic acids is 2. The van der Waals surface area contributed by atoms with Crippen LogP contribution in [0.4, 0.5) is 0 Å². The van der Waals surface area contributed by atoms with Gasteiger partial charge in [-0.3, -0.25) is 9.59 Å². The van der Waals surface area contributed by atoms with Gasteiger partial charge < -0.3 is 0 Å². The Morgan fingerprint density at radius 1 is 1.38 bits per heavy atom. The van der Waals surface area contributed by atoms with Crippen molar-refractivity contribution in [3.8, 4) is 0 Å². The zero-order valence-electron chi connectivity index (χ0n) is 7.62. The summed E-state index contributed by atoms with van der Waals surface area (Å²) in [5, 5.41) is 0. The van der Waals surface area contributed by atoms with Gasteiger partial charge in [0.25, 0.3) is 0 Å². The first-order chi connectivity index (χ1) is 6.18. The van der Waals surface area contributed by atoms with Crippen LogP contribution >= 0.6 is 0 Å². The lowest BCUT2D eigenvalue weighted by Crippen LogP contribution is -2.28. The van der Waals surface area contributed by atoms with Crippen LogP contribution in [0.1, 0.15) is 19.8 Å². The summed E-state index contributed by atoms with van der Waals surface area (Å²) in [6.07, 6.45) is 3.68. The molecule has 2 bridgehead atoms. The summed E-state index contributed by atoms with van der Waals surface area (Å²) >= 11 is 0. The zero-order chi connectivity index (χ0) is 9.16. The van der Waals surface area contributed by atoms with E-state index in [1.54, 1.807) is 0 Å². The minimum absolute atomic E-state index is 0.183. The molecule has 13 heavy (non-hydrogen) atoms. The highest BCUT2D eigenvalue weighted by atomic mass is 16.1. The second-order valence-corrected chi connectivity index (χ2v) is 4.59. The molecule has 68 valence electrons. The summed E-state index contributed by atoms with van der Waals surface area (Å²) < 4.78 is 0. The van der Waals surface area contributed by atoms with Gasteiger partial charge in [0.1, 0.15) is 5.78 Å². The minimum atomic E-state index is 0.183. The highest BCUT2D eigenvalue weighted by molar-refractivity contribution is 6.02. The lowest BCUT2D eigenvalue weighted by atomic mass is 9.80. The van der Waals surface area contributed by atoms with Crippen LogP contribution in [-0.4, -0.2) is 11.6 Å². The summed E-state index contributed by atoms with van der Waals surface area (Å²) in [6, 6.07) is 0. The van der Waals surface area contributed by atoms with Crippen LogP contribution < -0.4 is 0 Å². The Kier molecular flexibility index (Phi) is 1.22. The molecule has 0 amide bonds. The summed E-state index contributed by atoms with van der Waals surface area (Å²) in [5.74, 6) is 1.73. The molecule has 2 fully saturated rings. The van der Waals surface area contributed by atoms with Crippen molar-refractivity contribution in [2.75, 3.05) is 0 Å². The maximum absolute atomic E-state index is 11.7. The van der Waals surface area contributed by atoms with E-state index in [4.69, 9.17) is 0 Å². The average Bonchev–Trinajstić information content (AvgIpc) is 2.65. The van der Waals surface area contributed by atoms with E-state index in [-0.39, 0.29) is 17.8 Å². The molecule has 0 N–H and O–H groups in total. The van der Waals surface area contributed by atoms with Crippen LogP contribution in [0.25, 0.3) is 0 Å². The Morgan fingerprint density at radius 2 is 2.15 bits per heavy atom. The van der Waals surface area contributed by atoms with Crippen LogP contribution in [0.15, 0.2) is 11.6 Å². The Bertz CT molecular complexity index is 340. The third-order valence-corrected chi connectivity index (χ3v) is 3.95. The molecule has 3 aliphatic rings. The first-order valence-corrected chi connectivity index (χ1v) is 4.94.